The van der Waals surface area contributed by atoms with Crippen LogP contribution in [0.3, 0.4) is 0 Å². The first kappa shape index (κ1) is 15.9. The summed E-state index contributed by atoms with van der Waals surface area (Å²) < 4.78 is 48.4. The lowest BCUT2D eigenvalue weighted by molar-refractivity contribution is 0.587. The van der Waals surface area contributed by atoms with Crippen molar-refractivity contribution in [1.82, 2.24) is 0 Å². The first-order valence-corrected chi connectivity index (χ1v) is 8.85. The first-order chi connectivity index (χ1) is 8.51. The van der Waals surface area contributed by atoms with Crippen LogP contribution in [0.1, 0.15) is 19.4 Å². The molecule has 0 aliphatic heterocycles. The third-order valence-electron chi connectivity index (χ3n) is 2.31. The molecule has 0 aliphatic carbocycles. The van der Waals surface area contributed by atoms with Crippen LogP contribution in [0.4, 0.5) is 5.69 Å². The number of anilines is 1. The minimum atomic E-state index is -3.79. The molecule has 0 spiro atoms. The molecule has 108 valence electrons. The molecule has 0 radical (unpaired) electrons. The third-order valence-corrected chi connectivity index (χ3v) is 5.03. The molecule has 0 saturated heterocycles. The van der Waals surface area contributed by atoms with Crippen molar-refractivity contribution in [1.29, 1.82) is 0 Å². The van der Waals surface area contributed by atoms with Crippen molar-refractivity contribution in [3.8, 4) is 0 Å². The van der Waals surface area contributed by atoms with E-state index in [0.717, 1.165) is 0 Å². The number of nitrogens with one attached hydrogen (secondary N) is 1. The van der Waals surface area contributed by atoms with Gasteiger partial charge in [-0.25, -0.2) is 22.0 Å². The molecule has 8 heteroatoms. The van der Waals surface area contributed by atoms with E-state index in [1.54, 1.807) is 20.8 Å². The number of hydrogen-bond donors (Lipinski definition) is 2. The average Bonchev–Trinajstić information content (AvgIpc) is 2.11. The van der Waals surface area contributed by atoms with Crippen LogP contribution in [0.2, 0.25) is 0 Å². The molecule has 0 aliphatic rings. The van der Waals surface area contributed by atoms with Gasteiger partial charge < -0.3 is 0 Å². The average molecular weight is 306 g/mol. The van der Waals surface area contributed by atoms with E-state index in [0.29, 0.717) is 11.3 Å². The van der Waals surface area contributed by atoms with Gasteiger partial charge in [0, 0.05) is 5.69 Å². The number of rotatable bonds is 5. The van der Waals surface area contributed by atoms with Gasteiger partial charge in [0.15, 0.2) is 0 Å². The van der Waals surface area contributed by atoms with E-state index in [9.17, 15) is 16.8 Å². The molecule has 0 heterocycles. The molecule has 0 atom stereocenters. The smallest absolute Gasteiger partial charge is 0.238 e. The van der Waals surface area contributed by atoms with Gasteiger partial charge in [-0.15, -0.1) is 0 Å². The molecule has 3 N–H and O–H groups in total. The maximum absolute atomic E-state index is 11.7. The van der Waals surface area contributed by atoms with Gasteiger partial charge in [-0.2, -0.15) is 0 Å². The molecule has 1 aromatic carbocycles. The van der Waals surface area contributed by atoms with Gasteiger partial charge in [-0.1, -0.05) is 13.8 Å². The van der Waals surface area contributed by atoms with E-state index in [2.05, 4.69) is 4.72 Å². The highest BCUT2D eigenvalue weighted by Crippen LogP contribution is 2.19. The predicted molar refractivity (Wildman–Crippen MR) is 74.8 cm³/mol. The Morgan fingerprint density at radius 1 is 1.21 bits per heavy atom. The number of primary sulfonamides is 1. The highest BCUT2D eigenvalue weighted by atomic mass is 32.2. The Morgan fingerprint density at radius 3 is 2.21 bits per heavy atom. The fourth-order valence-electron chi connectivity index (χ4n) is 1.69. The summed E-state index contributed by atoms with van der Waals surface area (Å²) in [5.74, 6) is 0.00508. The van der Waals surface area contributed by atoms with Crippen molar-refractivity contribution in [2.24, 2.45) is 11.1 Å². The van der Waals surface area contributed by atoms with E-state index >= 15 is 0 Å². The van der Waals surface area contributed by atoms with Gasteiger partial charge in [0.1, 0.15) is 0 Å². The molecule has 1 aromatic rings. The zero-order valence-electron chi connectivity index (χ0n) is 11.0. The second kappa shape index (κ2) is 5.48. The normalized spacial score (nSPS) is 12.7. The van der Waals surface area contributed by atoms with Gasteiger partial charge >= 0.3 is 0 Å². The van der Waals surface area contributed by atoms with E-state index in [4.69, 9.17) is 5.14 Å². The first-order valence-electron chi connectivity index (χ1n) is 5.65. The number of sulfonamides is 2. The van der Waals surface area contributed by atoms with Crippen molar-refractivity contribution in [2.75, 3.05) is 10.5 Å². The second-order valence-electron chi connectivity index (χ2n) is 4.80. The lowest BCUT2D eigenvalue weighted by Gasteiger charge is -2.11. The van der Waals surface area contributed by atoms with Crippen LogP contribution in [0.15, 0.2) is 23.1 Å². The van der Waals surface area contributed by atoms with Crippen molar-refractivity contribution in [3.05, 3.63) is 23.8 Å². The van der Waals surface area contributed by atoms with E-state index in [1.807, 2.05) is 0 Å². The highest BCUT2D eigenvalue weighted by Gasteiger charge is 2.15. The van der Waals surface area contributed by atoms with Crippen molar-refractivity contribution >= 4 is 25.7 Å². The van der Waals surface area contributed by atoms with Crippen molar-refractivity contribution in [2.45, 2.75) is 25.7 Å². The van der Waals surface area contributed by atoms with Gasteiger partial charge in [0.2, 0.25) is 20.0 Å². The molecule has 0 bridgehead atoms. The zero-order valence-corrected chi connectivity index (χ0v) is 12.7. The van der Waals surface area contributed by atoms with Crippen LogP contribution in [-0.2, 0) is 20.0 Å². The summed E-state index contributed by atoms with van der Waals surface area (Å²) in [7, 11) is -7.22. The summed E-state index contributed by atoms with van der Waals surface area (Å²) in [6.45, 7) is 5.16. The van der Waals surface area contributed by atoms with Crippen LogP contribution in [0.5, 0.6) is 0 Å². The van der Waals surface area contributed by atoms with Crippen LogP contribution in [-0.4, -0.2) is 22.6 Å². The van der Waals surface area contributed by atoms with Crippen LogP contribution in [0.25, 0.3) is 0 Å². The van der Waals surface area contributed by atoms with Gasteiger partial charge in [0.05, 0.1) is 10.6 Å². The lowest BCUT2D eigenvalue weighted by Crippen LogP contribution is -2.20. The van der Waals surface area contributed by atoms with E-state index in [-0.39, 0.29) is 16.6 Å². The van der Waals surface area contributed by atoms with Crippen LogP contribution in [0, 0.1) is 12.8 Å². The Bertz CT molecular complexity index is 664. The highest BCUT2D eigenvalue weighted by molar-refractivity contribution is 7.92. The number of benzene rings is 1. The Kier molecular flexibility index (Phi) is 4.59. The summed E-state index contributed by atoms with van der Waals surface area (Å²) in [5.41, 5.74) is 0.720. The standard InChI is InChI=1S/C11H18N2O4S2/c1-8(2)7-18(14,15)13-10-4-5-11(9(3)6-10)19(12,16)17/h4-6,8,13H,7H2,1-3H3,(H2,12,16,17). The lowest BCUT2D eigenvalue weighted by atomic mass is 10.2. The zero-order chi connectivity index (χ0) is 14.8. The third kappa shape index (κ3) is 4.81. The fraction of sp³-hybridized carbons (Fsp3) is 0.455. The number of aryl methyl sites for hydroxylation is 1. The fourth-order valence-corrected chi connectivity index (χ4v) is 3.90. The molecular weight excluding hydrogens is 288 g/mol. The van der Waals surface area contributed by atoms with Crippen LogP contribution < -0.4 is 9.86 Å². The SMILES string of the molecule is Cc1cc(NS(=O)(=O)CC(C)C)ccc1S(N)(=O)=O. The monoisotopic (exact) mass is 306 g/mol. The molecule has 0 unspecified atom stereocenters. The maximum Gasteiger partial charge on any atom is 0.238 e. The van der Waals surface area contributed by atoms with Crippen LogP contribution >= 0.6 is 0 Å². The number of nitrogens with two attached hydrogens (primary N) is 1. The number of hydrogen-bond acceptors (Lipinski definition) is 4. The Balaban J connectivity index is 3.04. The minimum Gasteiger partial charge on any atom is -0.284 e. The molecule has 0 saturated carbocycles. The van der Waals surface area contributed by atoms with E-state index in [1.165, 1.54) is 18.2 Å². The predicted octanol–water partition coefficient (Wildman–Crippen LogP) is 1.04. The van der Waals surface area contributed by atoms with E-state index < -0.39 is 20.0 Å². The molecule has 1 rings (SSSR count). The molecule has 0 fully saturated rings. The Morgan fingerprint density at radius 2 is 1.79 bits per heavy atom. The summed E-state index contributed by atoms with van der Waals surface area (Å²) in [4.78, 5) is -0.0145. The summed E-state index contributed by atoms with van der Waals surface area (Å²) >= 11 is 0. The van der Waals surface area contributed by atoms with Crippen molar-refractivity contribution < 1.29 is 16.8 Å². The molecular formula is C11H18N2O4S2. The molecule has 19 heavy (non-hydrogen) atoms. The molecule has 0 amide bonds. The quantitative estimate of drug-likeness (QED) is 0.847. The van der Waals surface area contributed by atoms with Gasteiger partial charge in [-0.3, -0.25) is 4.72 Å². The Hall–Kier alpha value is -1.12. The second-order valence-corrected chi connectivity index (χ2v) is 8.10. The molecule has 0 aromatic heterocycles. The topological polar surface area (TPSA) is 106 Å². The summed E-state index contributed by atoms with van der Waals surface area (Å²) in [5, 5.41) is 5.03. The Labute approximate surface area is 114 Å². The summed E-state index contributed by atoms with van der Waals surface area (Å²) in [6.07, 6.45) is 0. The summed E-state index contributed by atoms with van der Waals surface area (Å²) in [6, 6.07) is 4.11. The maximum atomic E-state index is 11.7. The van der Waals surface area contributed by atoms with Gasteiger partial charge in [0.25, 0.3) is 0 Å². The van der Waals surface area contributed by atoms with Gasteiger partial charge in [-0.05, 0) is 36.6 Å². The largest absolute Gasteiger partial charge is 0.284 e. The minimum absolute atomic E-state index is 0.00212. The molecule has 6 nitrogen and oxygen atoms in total. The van der Waals surface area contributed by atoms with Crippen molar-refractivity contribution in [3.63, 3.8) is 0 Å².